The molecule has 0 saturated heterocycles. The van der Waals surface area contributed by atoms with Crippen molar-refractivity contribution < 1.29 is 19.2 Å². The van der Waals surface area contributed by atoms with Crippen LogP contribution in [-0.4, -0.2) is 4.57 Å². The molecule has 2 heteroatoms. The first-order chi connectivity index (χ1) is 27.7. The van der Waals surface area contributed by atoms with Gasteiger partial charge in [0.2, 0.25) is 0 Å². The maximum absolute atomic E-state index is 9.22. The highest BCUT2D eigenvalue weighted by Gasteiger charge is 2.17. The fourth-order valence-corrected chi connectivity index (χ4v) is 5.53. The van der Waals surface area contributed by atoms with Gasteiger partial charge < -0.3 is 9.47 Å². The SMILES string of the molecule is [2H]c1c([2H])c([2H])c(-c2c([2H])c([2H])c(N(c3ccc(-c4cccc5c6ccccc6n(-c6ccccc6)c45)cc3)c3c([2H])c([2H])c([2H])c([2H])c3[2H])c([2H])c2[2H])c([2H])c1[2H]. The monoisotopic (exact) mass is 576 g/mol. The van der Waals surface area contributed by atoms with Gasteiger partial charge in [-0.3, -0.25) is 0 Å². The molecule has 0 N–H and O–H groups in total. The Balaban J connectivity index is 1.38. The summed E-state index contributed by atoms with van der Waals surface area (Å²) >= 11 is 0. The molecule has 44 heavy (non-hydrogen) atoms. The minimum atomic E-state index is -0.760. The summed E-state index contributed by atoms with van der Waals surface area (Å²) in [6.45, 7) is 0. The molecular formula is C42H30N2. The Morgan fingerprint density at radius 3 is 1.80 bits per heavy atom. The highest BCUT2D eigenvalue weighted by Crippen LogP contribution is 2.40. The lowest BCUT2D eigenvalue weighted by Gasteiger charge is -2.26. The molecule has 1 aromatic heterocycles. The lowest BCUT2D eigenvalue weighted by atomic mass is 10.0. The highest BCUT2D eigenvalue weighted by atomic mass is 15.1. The van der Waals surface area contributed by atoms with E-state index in [2.05, 4.69) is 10.6 Å². The fraction of sp³-hybridized carbons (Fsp3) is 0. The van der Waals surface area contributed by atoms with Crippen LogP contribution in [0.1, 0.15) is 19.2 Å². The van der Waals surface area contributed by atoms with E-state index < -0.39 is 107 Å². The largest absolute Gasteiger partial charge is 0.311 e. The topological polar surface area (TPSA) is 8.17 Å². The Hall–Kier alpha value is -5.86. The van der Waals surface area contributed by atoms with Gasteiger partial charge in [-0.2, -0.15) is 0 Å². The van der Waals surface area contributed by atoms with E-state index in [-0.39, 0.29) is 5.69 Å². The van der Waals surface area contributed by atoms with Crippen molar-refractivity contribution in [1.29, 1.82) is 0 Å². The van der Waals surface area contributed by atoms with Gasteiger partial charge in [-0.15, -0.1) is 0 Å². The summed E-state index contributed by atoms with van der Waals surface area (Å²) in [5.41, 5.74) is 2.59. The number of anilines is 3. The average molecular weight is 577 g/mol. The second-order valence-corrected chi connectivity index (χ2v) is 9.97. The molecule has 0 amide bonds. The second-order valence-electron chi connectivity index (χ2n) is 9.97. The van der Waals surface area contributed by atoms with Gasteiger partial charge in [0.05, 0.1) is 30.2 Å². The van der Waals surface area contributed by atoms with Gasteiger partial charge in [-0.1, -0.05) is 127 Å². The molecule has 0 unspecified atom stereocenters. The van der Waals surface area contributed by atoms with Crippen molar-refractivity contribution in [1.82, 2.24) is 4.57 Å². The third-order valence-corrected chi connectivity index (χ3v) is 7.44. The van der Waals surface area contributed by atoms with E-state index in [1.54, 1.807) is 24.3 Å². The maximum Gasteiger partial charge on any atom is 0.0645 e. The molecule has 0 aliphatic rings. The van der Waals surface area contributed by atoms with Crippen molar-refractivity contribution in [2.75, 3.05) is 4.90 Å². The van der Waals surface area contributed by atoms with E-state index in [0.717, 1.165) is 43.5 Å². The van der Waals surface area contributed by atoms with Crippen LogP contribution in [0.2, 0.25) is 0 Å². The van der Waals surface area contributed by atoms with Gasteiger partial charge in [-0.05, 0) is 71.2 Å². The quantitative estimate of drug-likeness (QED) is 0.191. The van der Waals surface area contributed by atoms with Crippen LogP contribution in [0.25, 0.3) is 49.7 Å². The number of nitrogens with zero attached hydrogens (tertiary/aromatic N) is 2. The molecule has 0 fully saturated rings. The third kappa shape index (κ3) is 4.54. The molecule has 8 rings (SSSR count). The Kier molecular flexibility index (Phi) is 3.79. The molecule has 0 saturated carbocycles. The van der Waals surface area contributed by atoms with Crippen LogP contribution in [0.15, 0.2) is 182 Å². The molecule has 0 aliphatic heterocycles. The number of para-hydroxylation sites is 4. The zero-order valence-electron chi connectivity index (χ0n) is 37.1. The third-order valence-electron chi connectivity index (χ3n) is 7.44. The van der Waals surface area contributed by atoms with E-state index in [1.807, 2.05) is 66.7 Å². The molecule has 0 radical (unpaired) electrons. The predicted molar refractivity (Wildman–Crippen MR) is 186 cm³/mol. The van der Waals surface area contributed by atoms with Gasteiger partial charge in [-0.25, -0.2) is 0 Å². The zero-order chi connectivity index (χ0) is 41.5. The van der Waals surface area contributed by atoms with Gasteiger partial charge in [0.25, 0.3) is 0 Å². The van der Waals surface area contributed by atoms with Gasteiger partial charge >= 0.3 is 0 Å². The minimum absolute atomic E-state index is 0.134. The molecule has 0 atom stereocenters. The standard InChI is InChI=1S/C42H30N2/c1-4-13-31(14-5-1)32-23-27-36(28-24-32)43(34-15-6-2-7-16-34)37-29-25-33(26-30-37)38-20-12-21-40-39-19-10-11-22-41(39)44(42(38)40)35-17-8-3-9-18-35/h1-30H/i1D,2D,4D,5D,6D,7D,13D,14D,15D,16D,23D,24D,27D,28D. The number of hydrogen-bond donors (Lipinski definition) is 0. The molecule has 2 nitrogen and oxygen atoms in total. The van der Waals surface area contributed by atoms with E-state index in [4.69, 9.17) is 16.4 Å². The van der Waals surface area contributed by atoms with Crippen molar-refractivity contribution in [3.05, 3.63) is 182 Å². The van der Waals surface area contributed by atoms with Crippen LogP contribution in [0.4, 0.5) is 17.1 Å². The Morgan fingerprint density at radius 1 is 0.432 bits per heavy atom. The normalized spacial score (nSPS) is 15.6. The minimum Gasteiger partial charge on any atom is -0.311 e. The van der Waals surface area contributed by atoms with Crippen molar-refractivity contribution in [3.8, 4) is 27.9 Å². The summed E-state index contributed by atoms with van der Waals surface area (Å²) in [6, 6.07) is 20.7. The fourth-order valence-electron chi connectivity index (χ4n) is 5.53. The van der Waals surface area contributed by atoms with Crippen LogP contribution >= 0.6 is 0 Å². The first-order valence-corrected chi connectivity index (χ1v) is 13.9. The predicted octanol–water partition coefficient (Wildman–Crippen LogP) is 11.6. The lowest BCUT2D eigenvalue weighted by molar-refractivity contribution is 1.18. The van der Waals surface area contributed by atoms with Gasteiger partial charge in [0.1, 0.15) is 0 Å². The molecule has 0 bridgehead atoms. The van der Waals surface area contributed by atoms with Crippen LogP contribution < -0.4 is 4.90 Å². The van der Waals surface area contributed by atoms with Crippen LogP contribution in [0.5, 0.6) is 0 Å². The molecule has 8 aromatic rings. The second kappa shape index (κ2) is 11.1. The molecule has 0 spiro atoms. The van der Waals surface area contributed by atoms with E-state index in [9.17, 15) is 2.74 Å². The Labute approximate surface area is 277 Å². The van der Waals surface area contributed by atoms with Crippen molar-refractivity contribution >= 4 is 38.9 Å². The molecule has 208 valence electrons. The number of fused-ring (bicyclic) bond motifs is 3. The summed E-state index contributed by atoms with van der Waals surface area (Å²) in [5, 5.41) is 2.05. The van der Waals surface area contributed by atoms with Gasteiger partial charge in [0.15, 0.2) is 0 Å². The number of hydrogen-bond acceptors (Lipinski definition) is 1. The average Bonchev–Trinajstić information content (AvgIpc) is 3.58. The van der Waals surface area contributed by atoms with Crippen molar-refractivity contribution in [3.63, 3.8) is 0 Å². The first-order valence-electron chi connectivity index (χ1n) is 20.9. The van der Waals surface area contributed by atoms with Crippen LogP contribution in [-0.2, 0) is 0 Å². The maximum atomic E-state index is 9.22. The Morgan fingerprint density at radius 2 is 1.05 bits per heavy atom. The van der Waals surface area contributed by atoms with Crippen LogP contribution in [0.3, 0.4) is 0 Å². The highest BCUT2D eigenvalue weighted by molar-refractivity contribution is 6.13. The summed E-state index contributed by atoms with van der Waals surface area (Å²) < 4.78 is 123. The smallest absolute Gasteiger partial charge is 0.0645 e. The molecular weight excluding hydrogens is 532 g/mol. The first kappa shape index (κ1) is 15.0. The van der Waals surface area contributed by atoms with E-state index >= 15 is 0 Å². The summed E-state index contributed by atoms with van der Waals surface area (Å²) in [6.07, 6.45) is 0. The van der Waals surface area contributed by atoms with Crippen LogP contribution in [0, 0.1) is 0 Å². The summed E-state index contributed by atoms with van der Waals surface area (Å²) in [5.74, 6) is 0. The van der Waals surface area contributed by atoms with Crippen molar-refractivity contribution in [2.24, 2.45) is 0 Å². The lowest BCUT2D eigenvalue weighted by Crippen LogP contribution is -2.09. The number of benzene rings is 7. The molecule has 1 heterocycles. The molecule has 7 aromatic carbocycles. The molecule has 0 aliphatic carbocycles. The number of aromatic nitrogens is 1. The zero-order valence-corrected chi connectivity index (χ0v) is 23.1. The van der Waals surface area contributed by atoms with E-state index in [0.29, 0.717) is 0 Å². The summed E-state index contributed by atoms with van der Waals surface area (Å²) in [4.78, 5) is 1.08. The Bertz CT molecular complexity index is 2910. The van der Waals surface area contributed by atoms with E-state index in [1.165, 1.54) is 0 Å². The number of rotatable bonds is 6. The van der Waals surface area contributed by atoms with Crippen molar-refractivity contribution in [2.45, 2.75) is 0 Å². The van der Waals surface area contributed by atoms with Gasteiger partial charge in [0, 0.05) is 39.1 Å². The summed E-state index contributed by atoms with van der Waals surface area (Å²) in [7, 11) is 0.